The van der Waals surface area contributed by atoms with Gasteiger partial charge in [-0.1, -0.05) is 62.7 Å². The van der Waals surface area contributed by atoms with Crippen molar-refractivity contribution in [3.05, 3.63) is 83.9 Å². The Morgan fingerprint density at radius 2 is 1.50 bits per heavy atom. The summed E-state index contributed by atoms with van der Waals surface area (Å²) in [5.74, 6) is -4.68. The molecular weight excluding hydrogens is 696 g/mol. The minimum atomic E-state index is -1.23. The molecule has 1 aliphatic heterocycles. The first-order valence-corrected chi connectivity index (χ1v) is 18.1. The van der Waals surface area contributed by atoms with E-state index in [9.17, 15) is 39.0 Å². The van der Waals surface area contributed by atoms with Gasteiger partial charge in [-0.3, -0.25) is 24.0 Å². The number of carbonyl (C=O) groups is 6. The molecule has 3 aromatic rings. The van der Waals surface area contributed by atoms with Crippen molar-refractivity contribution in [3.8, 4) is 5.75 Å². The van der Waals surface area contributed by atoms with Crippen molar-refractivity contribution in [2.45, 2.75) is 95.5 Å². The molecular formula is C38H50N8O8. The van der Waals surface area contributed by atoms with Gasteiger partial charge in [-0.25, -0.2) is 9.78 Å². The van der Waals surface area contributed by atoms with Crippen molar-refractivity contribution >= 4 is 35.5 Å². The van der Waals surface area contributed by atoms with Crippen LogP contribution in [0.25, 0.3) is 0 Å². The predicted molar refractivity (Wildman–Crippen MR) is 197 cm³/mol. The molecule has 9 N–H and O–H groups in total. The maximum atomic E-state index is 14.3. The third-order valence-corrected chi connectivity index (χ3v) is 9.55. The number of aromatic nitrogens is 2. The maximum Gasteiger partial charge on any atom is 0.326 e. The Hall–Kier alpha value is -5.77. The van der Waals surface area contributed by atoms with Crippen LogP contribution in [0, 0.1) is 5.92 Å². The van der Waals surface area contributed by atoms with Gasteiger partial charge in [0.15, 0.2) is 0 Å². The highest BCUT2D eigenvalue weighted by molar-refractivity contribution is 5.97. The van der Waals surface area contributed by atoms with Crippen molar-refractivity contribution in [2.24, 2.45) is 11.7 Å². The van der Waals surface area contributed by atoms with Gasteiger partial charge in [0.05, 0.1) is 12.4 Å². The molecule has 2 heterocycles. The summed E-state index contributed by atoms with van der Waals surface area (Å²) in [6, 6.07) is 8.40. The van der Waals surface area contributed by atoms with E-state index in [1.165, 1.54) is 36.5 Å². The number of carbonyl (C=O) groups excluding carboxylic acids is 5. The first kappa shape index (κ1) is 41.0. The zero-order valence-corrected chi connectivity index (χ0v) is 30.7. The fraction of sp³-hybridized carbons (Fsp3) is 0.447. The van der Waals surface area contributed by atoms with Crippen molar-refractivity contribution in [1.29, 1.82) is 0 Å². The van der Waals surface area contributed by atoms with E-state index >= 15 is 0 Å². The molecule has 4 rings (SSSR count). The number of hydrogen-bond acceptors (Lipinski definition) is 9. The number of nitrogens with one attached hydrogen (secondary N) is 5. The number of aromatic amines is 1. The van der Waals surface area contributed by atoms with E-state index in [-0.39, 0.29) is 31.6 Å². The number of aromatic hydroxyl groups is 1. The zero-order valence-electron chi connectivity index (χ0n) is 30.7. The van der Waals surface area contributed by atoms with Gasteiger partial charge in [0.1, 0.15) is 36.0 Å². The summed E-state index contributed by atoms with van der Waals surface area (Å²) in [5, 5.41) is 30.4. The molecule has 5 amide bonds. The van der Waals surface area contributed by atoms with Crippen LogP contribution in [-0.2, 0) is 48.0 Å². The normalized spacial score (nSPS) is 17.3. The number of phenolic OH excluding ortho intramolecular Hbond substituents is 1. The molecule has 54 heavy (non-hydrogen) atoms. The number of rotatable bonds is 18. The van der Waals surface area contributed by atoms with Crippen LogP contribution in [-0.4, -0.2) is 103 Å². The number of amides is 5. The number of carboxylic acids is 1. The minimum absolute atomic E-state index is 0.0176. The minimum Gasteiger partial charge on any atom is -0.508 e. The second-order valence-electron chi connectivity index (χ2n) is 13.7. The van der Waals surface area contributed by atoms with Crippen LogP contribution in [0.5, 0.6) is 5.75 Å². The number of carboxylic acid groups (broad SMARTS) is 1. The third-order valence-electron chi connectivity index (χ3n) is 9.55. The average molecular weight is 747 g/mol. The second kappa shape index (κ2) is 19.3. The molecule has 1 saturated heterocycles. The summed E-state index contributed by atoms with van der Waals surface area (Å²) >= 11 is 0. The van der Waals surface area contributed by atoms with E-state index in [2.05, 4.69) is 31.2 Å². The summed E-state index contributed by atoms with van der Waals surface area (Å²) in [6.45, 7) is 5.28. The standard InChI is InChI=1S/C38H50N8O8/c1-4-22(2)32(45-34(49)28(42-33(48)23(3)39)17-25-12-14-27(47)15-13-25)36(51)43-29(19-26-20-40-21-41-26)37(52)46-16-8-11-31(46)35(50)44-30(38(53)54)18-24-9-6-5-7-10-24/h5-7,9-10,12-15,20-23,28-32,47H,4,8,11,16-19,39H2,1-3H3,(H,40,41)(H,42,48)(H,43,51)(H,44,50)(H,45,49)(H,53,54)/t22-,23-,28-,29-,30-,31-,32-/m0/s1. The van der Waals surface area contributed by atoms with Gasteiger partial charge in [-0.2, -0.15) is 0 Å². The average Bonchev–Trinajstić information content (AvgIpc) is 3.86. The summed E-state index contributed by atoms with van der Waals surface area (Å²) in [6.07, 6.45) is 4.24. The van der Waals surface area contributed by atoms with Gasteiger partial charge in [-0.05, 0) is 48.9 Å². The first-order chi connectivity index (χ1) is 25.8. The lowest BCUT2D eigenvalue weighted by molar-refractivity contribution is -0.145. The molecule has 0 bridgehead atoms. The Balaban J connectivity index is 1.54. The molecule has 0 aliphatic carbocycles. The first-order valence-electron chi connectivity index (χ1n) is 18.1. The number of nitrogens with zero attached hydrogens (tertiary/aromatic N) is 2. The molecule has 0 radical (unpaired) electrons. The van der Waals surface area contributed by atoms with Crippen LogP contribution in [0.2, 0.25) is 0 Å². The van der Waals surface area contributed by atoms with Gasteiger partial charge >= 0.3 is 5.97 Å². The van der Waals surface area contributed by atoms with Gasteiger partial charge in [0, 0.05) is 37.7 Å². The summed E-state index contributed by atoms with van der Waals surface area (Å²) in [4.78, 5) is 88.7. The monoisotopic (exact) mass is 746 g/mol. The Kier molecular flexibility index (Phi) is 14.7. The molecule has 0 spiro atoms. The van der Waals surface area contributed by atoms with Gasteiger partial charge < -0.3 is 47.1 Å². The maximum absolute atomic E-state index is 14.3. The molecule has 290 valence electrons. The second-order valence-corrected chi connectivity index (χ2v) is 13.7. The molecule has 1 aromatic heterocycles. The van der Waals surface area contributed by atoms with Crippen LogP contribution in [0.15, 0.2) is 67.1 Å². The third kappa shape index (κ3) is 11.4. The zero-order chi connectivity index (χ0) is 39.4. The summed E-state index contributed by atoms with van der Waals surface area (Å²) in [7, 11) is 0. The number of imidazole rings is 1. The predicted octanol–water partition coefficient (Wildman–Crippen LogP) is 0.551. The fourth-order valence-electron chi connectivity index (χ4n) is 6.23. The quantitative estimate of drug-likeness (QED) is 0.0898. The van der Waals surface area contributed by atoms with Crippen molar-refractivity contribution in [3.63, 3.8) is 0 Å². The van der Waals surface area contributed by atoms with Gasteiger partial charge in [0.2, 0.25) is 29.5 Å². The van der Waals surface area contributed by atoms with E-state index in [4.69, 9.17) is 5.73 Å². The highest BCUT2D eigenvalue weighted by Crippen LogP contribution is 2.21. The molecule has 7 atom stereocenters. The van der Waals surface area contributed by atoms with E-state index in [0.29, 0.717) is 30.5 Å². The smallest absolute Gasteiger partial charge is 0.326 e. The van der Waals surface area contributed by atoms with E-state index in [1.54, 1.807) is 49.4 Å². The van der Waals surface area contributed by atoms with Crippen molar-refractivity contribution in [1.82, 2.24) is 36.1 Å². The highest BCUT2D eigenvalue weighted by atomic mass is 16.4. The van der Waals surface area contributed by atoms with Crippen molar-refractivity contribution in [2.75, 3.05) is 6.54 Å². The van der Waals surface area contributed by atoms with Crippen LogP contribution in [0.1, 0.15) is 56.9 Å². The largest absolute Gasteiger partial charge is 0.508 e. The number of H-pyrrole nitrogens is 1. The lowest BCUT2D eigenvalue weighted by atomic mass is 9.96. The number of nitrogens with two attached hydrogens (primary N) is 1. The number of phenols is 1. The van der Waals surface area contributed by atoms with Crippen LogP contribution >= 0.6 is 0 Å². The highest BCUT2D eigenvalue weighted by Gasteiger charge is 2.40. The number of benzene rings is 2. The summed E-state index contributed by atoms with van der Waals surface area (Å²) in [5.41, 5.74) is 7.65. The Morgan fingerprint density at radius 1 is 0.852 bits per heavy atom. The van der Waals surface area contributed by atoms with Crippen LogP contribution in [0.3, 0.4) is 0 Å². The molecule has 1 fully saturated rings. The van der Waals surface area contributed by atoms with E-state index in [1.807, 2.05) is 6.92 Å². The van der Waals surface area contributed by atoms with Crippen LogP contribution in [0.4, 0.5) is 0 Å². The van der Waals surface area contributed by atoms with Gasteiger partial charge in [-0.15, -0.1) is 0 Å². The molecule has 2 aromatic carbocycles. The molecule has 16 heteroatoms. The lowest BCUT2D eigenvalue weighted by Gasteiger charge is -2.31. The van der Waals surface area contributed by atoms with Crippen LogP contribution < -0.4 is 27.0 Å². The molecule has 0 saturated carbocycles. The Morgan fingerprint density at radius 3 is 2.11 bits per heavy atom. The number of aliphatic carboxylic acids is 1. The number of hydrogen-bond donors (Lipinski definition) is 8. The fourth-order valence-corrected chi connectivity index (χ4v) is 6.23. The molecule has 1 aliphatic rings. The summed E-state index contributed by atoms with van der Waals surface area (Å²) < 4.78 is 0. The van der Waals surface area contributed by atoms with Crippen molar-refractivity contribution < 1.29 is 39.0 Å². The molecule has 16 nitrogen and oxygen atoms in total. The Bertz CT molecular complexity index is 1740. The molecule has 0 unspecified atom stereocenters. The lowest BCUT2D eigenvalue weighted by Crippen LogP contribution is -2.61. The van der Waals surface area contributed by atoms with E-state index < -0.39 is 77.7 Å². The topological polar surface area (TPSA) is 249 Å². The number of likely N-dealkylation sites (tertiary alicyclic amines) is 1. The Labute approximate surface area is 313 Å². The SMILES string of the molecule is CC[C@H](C)[C@H](NC(=O)[C@H](Cc1ccc(O)cc1)NC(=O)[C@H](C)N)C(=O)N[C@@H](Cc1cnc[nH]1)C(=O)N1CCC[C@H]1C(=O)N[C@@H](Cc1ccccc1)C(=O)O. The van der Waals surface area contributed by atoms with E-state index in [0.717, 1.165) is 5.56 Å². The van der Waals surface area contributed by atoms with Gasteiger partial charge in [0.25, 0.3) is 0 Å².